The fraction of sp³-hybridized carbons (Fsp3) is 0.133. The Balaban J connectivity index is 2.07. The molecule has 21 heavy (non-hydrogen) atoms. The van der Waals surface area contributed by atoms with Crippen LogP contribution in [0.15, 0.2) is 57.8 Å². The zero-order valence-corrected chi connectivity index (χ0v) is 12.5. The van der Waals surface area contributed by atoms with Crippen LogP contribution in [0.5, 0.6) is 0 Å². The highest BCUT2D eigenvalue weighted by molar-refractivity contribution is 7.92. The molecule has 0 aliphatic rings. The first-order valence-corrected chi connectivity index (χ1v) is 7.84. The summed E-state index contributed by atoms with van der Waals surface area (Å²) in [6, 6.07) is 13.6. The van der Waals surface area contributed by atoms with Gasteiger partial charge in [0.15, 0.2) is 11.5 Å². The Kier molecular flexibility index (Phi) is 3.17. The lowest BCUT2D eigenvalue weighted by Gasteiger charge is -2.19. The molecule has 2 aromatic carbocycles. The summed E-state index contributed by atoms with van der Waals surface area (Å²) in [7, 11) is -2.10. The van der Waals surface area contributed by atoms with Crippen LogP contribution >= 0.6 is 0 Å². The molecule has 3 rings (SSSR count). The molecule has 6 heteroatoms. The van der Waals surface area contributed by atoms with E-state index in [-0.39, 0.29) is 4.90 Å². The van der Waals surface area contributed by atoms with Gasteiger partial charge in [-0.15, -0.1) is 0 Å². The molecule has 0 aliphatic carbocycles. The Morgan fingerprint density at radius 2 is 1.81 bits per heavy atom. The maximum Gasteiger partial charge on any atom is 0.264 e. The van der Waals surface area contributed by atoms with E-state index in [2.05, 4.69) is 4.98 Å². The molecular weight excluding hydrogens is 288 g/mol. The molecule has 0 radical (unpaired) electrons. The summed E-state index contributed by atoms with van der Waals surface area (Å²) in [6.45, 7) is 1.73. The number of rotatable bonds is 3. The van der Waals surface area contributed by atoms with E-state index in [1.807, 2.05) is 6.07 Å². The fourth-order valence-corrected chi connectivity index (χ4v) is 3.33. The van der Waals surface area contributed by atoms with Gasteiger partial charge in [0.2, 0.25) is 0 Å². The van der Waals surface area contributed by atoms with Crippen molar-refractivity contribution in [1.82, 2.24) is 4.98 Å². The van der Waals surface area contributed by atoms with Crippen molar-refractivity contribution < 1.29 is 12.8 Å². The molecule has 0 atom stereocenters. The molecule has 108 valence electrons. The lowest BCUT2D eigenvalue weighted by Crippen LogP contribution is -2.26. The summed E-state index contributed by atoms with van der Waals surface area (Å²) in [6.07, 6.45) is 0. The number of aryl methyl sites for hydroxylation is 1. The van der Waals surface area contributed by atoms with Crippen molar-refractivity contribution in [2.75, 3.05) is 11.4 Å². The van der Waals surface area contributed by atoms with Crippen LogP contribution in [0.2, 0.25) is 0 Å². The second-order valence-corrected chi connectivity index (χ2v) is 6.64. The number of nitrogens with zero attached hydrogens (tertiary/aromatic N) is 2. The number of hydrogen-bond donors (Lipinski definition) is 0. The molecule has 0 saturated carbocycles. The van der Waals surface area contributed by atoms with Crippen LogP contribution in [0.25, 0.3) is 11.1 Å². The lowest BCUT2D eigenvalue weighted by molar-refractivity contribution is 0.559. The second kappa shape index (κ2) is 4.89. The third kappa shape index (κ3) is 2.38. The first-order chi connectivity index (χ1) is 9.98. The van der Waals surface area contributed by atoms with Gasteiger partial charge >= 0.3 is 0 Å². The molecular formula is C15H14N2O3S. The van der Waals surface area contributed by atoms with Crippen molar-refractivity contribution in [2.24, 2.45) is 0 Å². The molecule has 0 bridgehead atoms. The summed E-state index contributed by atoms with van der Waals surface area (Å²) in [5.41, 5.74) is 1.72. The van der Waals surface area contributed by atoms with Gasteiger partial charge in [-0.2, -0.15) is 0 Å². The van der Waals surface area contributed by atoms with Gasteiger partial charge in [0.05, 0.1) is 10.6 Å². The number of benzene rings is 2. The van der Waals surface area contributed by atoms with Gasteiger partial charge in [-0.3, -0.25) is 4.31 Å². The number of oxazole rings is 1. The molecule has 5 nitrogen and oxygen atoms in total. The summed E-state index contributed by atoms with van der Waals surface area (Å²) < 4.78 is 31.9. The minimum Gasteiger partial charge on any atom is -0.441 e. The van der Waals surface area contributed by atoms with Crippen molar-refractivity contribution in [3.05, 3.63) is 54.4 Å². The maximum absolute atomic E-state index is 12.6. The Morgan fingerprint density at radius 3 is 2.52 bits per heavy atom. The van der Waals surface area contributed by atoms with Crippen LogP contribution in [0.1, 0.15) is 5.89 Å². The Hall–Kier alpha value is -2.34. The monoisotopic (exact) mass is 302 g/mol. The molecule has 3 aromatic rings. The molecule has 0 N–H and O–H groups in total. The first kappa shape index (κ1) is 13.6. The molecule has 0 amide bonds. The van der Waals surface area contributed by atoms with Crippen LogP contribution in [-0.2, 0) is 10.0 Å². The van der Waals surface area contributed by atoms with E-state index in [4.69, 9.17) is 4.42 Å². The van der Waals surface area contributed by atoms with Gasteiger partial charge < -0.3 is 4.42 Å². The van der Waals surface area contributed by atoms with Gasteiger partial charge in [0.1, 0.15) is 5.52 Å². The van der Waals surface area contributed by atoms with Gasteiger partial charge in [0, 0.05) is 20.0 Å². The molecule has 1 heterocycles. The number of para-hydroxylation sites is 1. The number of hydrogen-bond acceptors (Lipinski definition) is 4. The van der Waals surface area contributed by atoms with Crippen LogP contribution in [-0.4, -0.2) is 20.4 Å². The predicted octanol–water partition coefficient (Wildman–Crippen LogP) is 2.96. The zero-order valence-electron chi connectivity index (χ0n) is 11.6. The van der Waals surface area contributed by atoms with Crippen molar-refractivity contribution in [3.63, 3.8) is 0 Å². The van der Waals surface area contributed by atoms with E-state index in [0.29, 0.717) is 22.7 Å². The van der Waals surface area contributed by atoms with E-state index >= 15 is 0 Å². The van der Waals surface area contributed by atoms with Crippen LogP contribution in [0, 0.1) is 6.92 Å². The molecule has 0 aliphatic heterocycles. The highest BCUT2D eigenvalue weighted by atomic mass is 32.2. The number of sulfonamides is 1. The molecule has 0 fully saturated rings. The van der Waals surface area contributed by atoms with Gasteiger partial charge in [-0.25, -0.2) is 13.4 Å². The average molecular weight is 302 g/mol. The van der Waals surface area contributed by atoms with E-state index in [1.165, 1.54) is 17.4 Å². The smallest absolute Gasteiger partial charge is 0.264 e. The Bertz CT molecular complexity index is 886. The summed E-state index contributed by atoms with van der Waals surface area (Å²) in [5, 5.41) is 0. The average Bonchev–Trinajstić information content (AvgIpc) is 2.86. The SMILES string of the molecule is Cc1nc2ccc(S(=O)(=O)N(C)c3ccccc3)cc2o1. The predicted molar refractivity (Wildman–Crippen MR) is 80.8 cm³/mol. The number of aromatic nitrogens is 1. The largest absolute Gasteiger partial charge is 0.441 e. The summed E-state index contributed by atoms with van der Waals surface area (Å²) in [5.74, 6) is 0.510. The maximum atomic E-state index is 12.6. The normalized spacial score (nSPS) is 11.7. The van der Waals surface area contributed by atoms with E-state index < -0.39 is 10.0 Å². The Labute approximate surface area is 122 Å². The van der Waals surface area contributed by atoms with Crippen LogP contribution < -0.4 is 4.31 Å². The standard InChI is InChI=1S/C15H14N2O3S/c1-11-16-14-9-8-13(10-15(14)20-11)21(18,19)17(2)12-6-4-3-5-7-12/h3-10H,1-2H3. The van der Waals surface area contributed by atoms with Gasteiger partial charge in [-0.1, -0.05) is 18.2 Å². The van der Waals surface area contributed by atoms with E-state index in [9.17, 15) is 8.42 Å². The molecule has 0 saturated heterocycles. The van der Waals surface area contributed by atoms with Crippen LogP contribution in [0.4, 0.5) is 5.69 Å². The fourth-order valence-electron chi connectivity index (χ4n) is 2.12. The minimum absolute atomic E-state index is 0.178. The van der Waals surface area contributed by atoms with Crippen molar-refractivity contribution in [2.45, 2.75) is 11.8 Å². The minimum atomic E-state index is -3.63. The highest BCUT2D eigenvalue weighted by Gasteiger charge is 2.22. The summed E-state index contributed by atoms with van der Waals surface area (Å²) >= 11 is 0. The highest BCUT2D eigenvalue weighted by Crippen LogP contribution is 2.25. The first-order valence-electron chi connectivity index (χ1n) is 6.40. The van der Waals surface area contributed by atoms with Gasteiger partial charge in [0.25, 0.3) is 10.0 Å². The zero-order chi connectivity index (χ0) is 15.0. The molecule has 0 spiro atoms. The molecule has 1 aromatic heterocycles. The number of fused-ring (bicyclic) bond motifs is 1. The van der Waals surface area contributed by atoms with Crippen LogP contribution in [0.3, 0.4) is 0 Å². The topological polar surface area (TPSA) is 63.4 Å². The molecule has 0 unspecified atom stereocenters. The van der Waals surface area contributed by atoms with Gasteiger partial charge in [-0.05, 0) is 24.3 Å². The Morgan fingerprint density at radius 1 is 1.10 bits per heavy atom. The van der Waals surface area contributed by atoms with Crippen molar-refractivity contribution >= 4 is 26.8 Å². The van der Waals surface area contributed by atoms with E-state index in [0.717, 1.165) is 0 Å². The quantitative estimate of drug-likeness (QED) is 0.746. The van der Waals surface area contributed by atoms with Crippen molar-refractivity contribution in [3.8, 4) is 0 Å². The number of anilines is 1. The lowest BCUT2D eigenvalue weighted by atomic mass is 10.3. The third-order valence-corrected chi connectivity index (χ3v) is 5.03. The second-order valence-electron chi connectivity index (χ2n) is 4.67. The van der Waals surface area contributed by atoms with E-state index in [1.54, 1.807) is 43.3 Å². The summed E-state index contributed by atoms with van der Waals surface area (Å²) in [4.78, 5) is 4.34. The van der Waals surface area contributed by atoms with Crippen molar-refractivity contribution in [1.29, 1.82) is 0 Å². The third-order valence-electron chi connectivity index (χ3n) is 3.25.